The number of anilines is 1. The second kappa shape index (κ2) is 4.52. The minimum atomic E-state index is -0.783. The minimum Gasteiger partial charge on any atom is -0.324 e. The smallest absolute Gasteiger partial charge is 0.239 e. The molecule has 1 aliphatic rings. The van der Waals surface area contributed by atoms with Crippen molar-refractivity contribution >= 4 is 29.0 Å². The number of carbonyl (C=O) groups is 2. The summed E-state index contributed by atoms with van der Waals surface area (Å²) in [7, 11) is 0. The van der Waals surface area contributed by atoms with Crippen molar-refractivity contribution in [2.75, 3.05) is 5.32 Å². The Kier molecular flexibility index (Phi) is 2.84. The summed E-state index contributed by atoms with van der Waals surface area (Å²) in [6.45, 7) is 0. The van der Waals surface area contributed by atoms with Gasteiger partial charge in [0.1, 0.15) is 5.92 Å². The fraction of sp³-hybridized carbons (Fsp3) is 0.0667. The summed E-state index contributed by atoms with van der Waals surface area (Å²) in [5, 5.41) is 3.23. The van der Waals surface area contributed by atoms with E-state index in [0.717, 1.165) is 0 Å². The second-order valence-corrected chi connectivity index (χ2v) is 4.82. The van der Waals surface area contributed by atoms with E-state index in [-0.39, 0.29) is 11.7 Å². The molecule has 0 bridgehead atoms. The zero-order valence-corrected chi connectivity index (χ0v) is 10.6. The Labute approximate surface area is 115 Å². The van der Waals surface area contributed by atoms with Crippen LogP contribution < -0.4 is 5.32 Å². The molecule has 94 valence electrons. The Balaban J connectivity index is 2.09. The molecule has 1 atom stereocenters. The Morgan fingerprint density at radius 2 is 1.74 bits per heavy atom. The van der Waals surface area contributed by atoms with Gasteiger partial charge in [-0.3, -0.25) is 9.59 Å². The summed E-state index contributed by atoms with van der Waals surface area (Å²) < 4.78 is 0. The molecule has 0 radical (unpaired) electrons. The molecule has 3 nitrogen and oxygen atoms in total. The predicted molar refractivity (Wildman–Crippen MR) is 73.6 cm³/mol. The fourth-order valence-electron chi connectivity index (χ4n) is 2.26. The summed E-state index contributed by atoms with van der Waals surface area (Å²) in [4.78, 5) is 24.5. The van der Waals surface area contributed by atoms with Crippen LogP contribution in [-0.2, 0) is 4.79 Å². The average molecular weight is 272 g/mol. The van der Waals surface area contributed by atoms with E-state index >= 15 is 0 Å². The first-order chi connectivity index (χ1) is 9.16. The van der Waals surface area contributed by atoms with Gasteiger partial charge in [-0.15, -0.1) is 0 Å². The van der Waals surface area contributed by atoms with E-state index in [1.807, 2.05) is 18.2 Å². The number of nitrogens with one attached hydrogen (secondary N) is 1. The molecule has 1 unspecified atom stereocenters. The van der Waals surface area contributed by atoms with Crippen molar-refractivity contribution in [2.45, 2.75) is 5.92 Å². The first kappa shape index (κ1) is 11.9. The maximum absolute atomic E-state index is 12.4. The van der Waals surface area contributed by atoms with Crippen LogP contribution in [0.1, 0.15) is 21.8 Å². The van der Waals surface area contributed by atoms with E-state index in [9.17, 15) is 9.59 Å². The molecule has 0 saturated heterocycles. The second-order valence-electron chi connectivity index (χ2n) is 4.39. The number of halogens is 1. The van der Waals surface area contributed by atoms with Gasteiger partial charge in [0.05, 0.1) is 5.69 Å². The third kappa shape index (κ3) is 2.02. The van der Waals surface area contributed by atoms with Crippen molar-refractivity contribution < 1.29 is 9.59 Å². The number of amides is 1. The van der Waals surface area contributed by atoms with Gasteiger partial charge in [-0.2, -0.15) is 0 Å². The largest absolute Gasteiger partial charge is 0.324 e. The molecule has 2 aromatic carbocycles. The van der Waals surface area contributed by atoms with E-state index in [0.29, 0.717) is 21.8 Å². The van der Waals surface area contributed by atoms with Gasteiger partial charge in [0.25, 0.3) is 0 Å². The van der Waals surface area contributed by atoms with Crippen LogP contribution in [0.4, 0.5) is 5.69 Å². The van der Waals surface area contributed by atoms with Gasteiger partial charge >= 0.3 is 0 Å². The lowest BCUT2D eigenvalue weighted by atomic mass is 9.86. The van der Waals surface area contributed by atoms with Gasteiger partial charge in [0.2, 0.25) is 5.91 Å². The molecule has 1 heterocycles. The van der Waals surface area contributed by atoms with Crippen LogP contribution in [-0.4, -0.2) is 11.7 Å². The van der Waals surface area contributed by atoms with Crippen molar-refractivity contribution in [3.8, 4) is 0 Å². The molecule has 4 heteroatoms. The molecule has 2 aromatic rings. The highest BCUT2D eigenvalue weighted by atomic mass is 35.5. The van der Waals surface area contributed by atoms with E-state index in [2.05, 4.69) is 5.32 Å². The van der Waals surface area contributed by atoms with Crippen LogP contribution in [0.25, 0.3) is 0 Å². The van der Waals surface area contributed by atoms with Crippen molar-refractivity contribution in [2.24, 2.45) is 0 Å². The summed E-state index contributed by atoms with van der Waals surface area (Å²) in [5.41, 5.74) is 1.68. The quantitative estimate of drug-likeness (QED) is 0.809. The van der Waals surface area contributed by atoms with Crippen molar-refractivity contribution in [1.29, 1.82) is 0 Å². The number of hydrogen-bond acceptors (Lipinski definition) is 2. The monoisotopic (exact) mass is 271 g/mol. The number of Topliss-reactive ketones (excluding diaryl/α,β-unsaturated/α-hetero) is 1. The molecular formula is C15H10ClNO2. The molecule has 3 rings (SSSR count). The zero-order valence-electron chi connectivity index (χ0n) is 9.89. The number of fused-ring (bicyclic) bond motifs is 1. The van der Waals surface area contributed by atoms with E-state index in [1.54, 1.807) is 30.3 Å². The van der Waals surface area contributed by atoms with Crippen molar-refractivity contribution in [3.05, 3.63) is 64.7 Å². The third-order valence-corrected chi connectivity index (χ3v) is 3.40. The van der Waals surface area contributed by atoms with Gasteiger partial charge in [0, 0.05) is 10.6 Å². The first-order valence-corrected chi connectivity index (χ1v) is 6.24. The van der Waals surface area contributed by atoms with E-state index in [4.69, 9.17) is 11.6 Å². The normalized spacial score (nSPS) is 17.8. The topological polar surface area (TPSA) is 46.2 Å². The molecule has 0 spiro atoms. The third-order valence-electron chi connectivity index (χ3n) is 3.16. The average Bonchev–Trinajstić information content (AvgIpc) is 2.39. The number of rotatable bonds is 1. The summed E-state index contributed by atoms with van der Waals surface area (Å²) in [6.07, 6.45) is 0. The standard InChI is InChI=1S/C15H10ClNO2/c16-10-6-7-11-12(8-10)17-15(19)13(14(11)18)9-4-2-1-3-5-9/h1-8,13H,(H,17,19). The lowest BCUT2D eigenvalue weighted by Crippen LogP contribution is -2.33. The van der Waals surface area contributed by atoms with Gasteiger partial charge in [-0.1, -0.05) is 41.9 Å². The lowest BCUT2D eigenvalue weighted by Gasteiger charge is -2.23. The fourth-order valence-corrected chi connectivity index (χ4v) is 2.43. The number of carbonyl (C=O) groups excluding carboxylic acids is 2. The van der Waals surface area contributed by atoms with Crippen molar-refractivity contribution in [1.82, 2.24) is 0 Å². The highest BCUT2D eigenvalue weighted by Gasteiger charge is 2.35. The number of ketones is 1. The van der Waals surface area contributed by atoms with E-state index < -0.39 is 5.92 Å². The van der Waals surface area contributed by atoms with Gasteiger partial charge in [-0.05, 0) is 23.8 Å². The Morgan fingerprint density at radius 3 is 2.47 bits per heavy atom. The molecule has 19 heavy (non-hydrogen) atoms. The van der Waals surface area contributed by atoms with Crippen LogP contribution >= 0.6 is 11.6 Å². The minimum absolute atomic E-state index is 0.193. The van der Waals surface area contributed by atoms with Crippen LogP contribution in [0.5, 0.6) is 0 Å². The zero-order chi connectivity index (χ0) is 13.4. The van der Waals surface area contributed by atoms with Gasteiger partial charge < -0.3 is 5.32 Å². The van der Waals surface area contributed by atoms with Gasteiger partial charge in [-0.25, -0.2) is 0 Å². The molecule has 1 N–H and O–H groups in total. The molecule has 0 saturated carbocycles. The van der Waals surface area contributed by atoms with Gasteiger partial charge in [0.15, 0.2) is 5.78 Å². The molecule has 0 aliphatic carbocycles. The molecule has 0 fully saturated rings. The van der Waals surface area contributed by atoms with Crippen LogP contribution in [0.2, 0.25) is 5.02 Å². The summed E-state index contributed by atoms with van der Waals surface area (Å²) in [5.74, 6) is -1.29. The van der Waals surface area contributed by atoms with Crippen molar-refractivity contribution in [3.63, 3.8) is 0 Å². The molecule has 1 amide bonds. The number of hydrogen-bond donors (Lipinski definition) is 1. The first-order valence-electron chi connectivity index (χ1n) is 5.86. The maximum Gasteiger partial charge on any atom is 0.239 e. The highest BCUT2D eigenvalue weighted by molar-refractivity contribution is 6.32. The Morgan fingerprint density at radius 1 is 1.00 bits per heavy atom. The number of benzene rings is 2. The maximum atomic E-state index is 12.4. The Hall–Kier alpha value is -2.13. The molecule has 0 aromatic heterocycles. The lowest BCUT2D eigenvalue weighted by molar-refractivity contribution is -0.116. The van der Waals surface area contributed by atoms with Crippen LogP contribution in [0.15, 0.2) is 48.5 Å². The Bertz CT molecular complexity index is 667. The van der Waals surface area contributed by atoms with E-state index in [1.165, 1.54) is 0 Å². The van der Waals surface area contributed by atoms with Crippen LogP contribution in [0.3, 0.4) is 0 Å². The highest BCUT2D eigenvalue weighted by Crippen LogP contribution is 2.32. The summed E-state index contributed by atoms with van der Waals surface area (Å²) in [6, 6.07) is 13.9. The molecule has 1 aliphatic heterocycles. The molecular weight excluding hydrogens is 262 g/mol. The predicted octanol–water partition coefficient (Wildman–Crippen LogP) is 3.26. The SMILES string of the molecule is O=C1Nc2cc(Cl)ccc2C(=O)C1c1ccccc1. The summed E-state index contributed by atoms with van der Waals surface area (Å²) >= 11 is 5.86. The van der Waals surface area contributed by atoms with Crippen LogP contribution in [0, 0.1) is 0 Å².